The lowest BCUT2D eigenvalue weighted by atomic mass is 9.72. The maximum Gasteiger partial charge on any atom is 0.452 e. The molecular formula is C26H33F6N3O5. The van der Waals surface area contributed by atoms with Crippen molar-refractivity contribution < 1.29 is 50.3 Å². The van der Waals surface area contributed by atoms with E-state index in [-0.39, 0.29) is 18.4 Å². The van der Waals surface area contributed by atoms with Crippen molar-refractivity contribution in [2.45, 2.75) is 83.4 Å². The number of amides is 3. The van der Waals surface area contributed by atoms with Crippen LogP contribution in [0.3, 0.4) is 0 Å². The molecule has 2 rings (SSSR count). The first-order chi connectivity index (χ1) is 18.4. The number of ether oxygens (including phenoxy) is 1. The van der Waals surface area contributed by atoms with E-state index >= 15 is 0 Å². The van der Waals surface area contributed by atoms with Crippen LogP contribution in [0.25, 0.3) is 0 Å². The Morgan fingerprint density at radius 3 is 1.82 bits per heavy atom. The molecule has 1 aliphatic rings. The van der Waals surface area contributed by atoms with Crippen LogP contribution in [-0.4, -0.2) is 55.1 Å². The Balaban J connectivity index is 2.31. The summed E-state index contributed by atoms with van der Waals surface area (Å²) >= 11 is 0. The van der Waals surface area contributed by atoms with Gasteiger partial charge in [0, 0.05) is 0 Å². The molecule has 0 radical (unpaired) electrons. The van der Waals surface area contributed by atoms with Crippen LogP contribution in [0.4, 0.5) is 26.3 Å². The second kappa shape index (κ2) is 12.9. The van der Waals surface area contributed by atoms with E-state index in [0.717, 1.165) is 6.92 Å². The van der Waals surface area contributed by atoms with E-state index in [1.165, 1.54) is 45.2 Å². The molecule has 0 bridgehead atoms. The Bertz CT molecular complexity index is 1070. The van der Waals surface area contributed by atoms with Crippen LogP contribution in [0.2, 0.25) is 0 Å². The molecule has 14 heteroatoms. The minimum absolute atomic E-state index is 0.0752. The molecule has 3 atom stereocenters. The van der Waals surface area contributed by atoms with Gasteiger partial charge in [-0.2, -0.15) is 26.3 Å². The number of rotatable bonds is 10. The fraction of sp³-hybridized carbons (Fsp3) is 0.615. The highest BCUT2D eigenvalue weighted by Crippen LogP contribution is 2.49. The summed E-state index contributed by atoms with van der Waals surface area (Å²) in [6, 6.07) is 0.312. The van der Waals surface area contributed by atoms with Gasteiger partial charge in [0.25, 0.3) is 5.78 Å². The first-order valence-corrected chi connectivity index (χ1v) is 12.7. The summed E-state index contributed by atoms with van der Waals surface area (Å²) in [6.07, 6.45) is -10.1. The average molecular weight is 582 g/mol. The average Bonchev–Trinajstić information content (AvgIpc) is 2.88. The fourth-order valence-electron chi connectivity index (χ4n) is 4.51. The van der Waals surface area contributed by atoms with Crippen LogP contribution in [-0.2, 0) is 19.2 Å². The van der Waals surface area contributed by atoms with Crippen molar-refractivity contribution in [2.24, 2.45) is 11.3 Å². The lowest BCUT2D eigenvalue weighted by Crippen LogP contribution is -2.57. The minimum Gasteiger partial charge on any atom is -0.497 e. The van der Waals surface area contributed by atoms with Gasteiger partial charge in [-0.15, -0.1) is 0 Å². The maximum absolute atomic E-state index is 13.9. The first-order valence-electron chi connectivity index (χ1n) is 12.7. The number of benzene rings is 1. The zero-order chi connectivity index (χ0) is 30.5. The molecule has 40 heavy (non-hydrogen) atoms. The third kappa shape index (κ3) is 7.66. The Hall–Kier alpha value is -3.32. The van der Waals surface area contributed by atoms with E-state index in [0.29, 0.717) is 12.2 Å². The number of alkyl halides is 6. The topological polar surface area (TPSA) is 114 Å². The van der Waals surface area contributed by atoms with E-state index < -0.39 is 78.2 Å². The van der Waals surface area contributed by atoms with Gasteiger partial charge in [-0.3, -0.25) is 19.2 Å². The zero-order valence-corrected chi connectivity index (χ0v) is 22.5. The first kappa shape index (κ1) is 32.9. The van der Waals surface area contributed by atoms with Crippen molar-refractivity contribution in [1.82, 2.24) is 16.0 Å². The van der Waals surface area contributed by atoms with Gasteiger partial charge in [-0.25, -0.2) is 0 Å². The van der Waals surface area contributed by atoms with Crippen molar-refractivity contribution in [3.05, 3.63) is 29.8 Å². The lowest BCUT2D eigenvalue weighted by Gasteiger charge is -2.38. The molecule has 3 amide bonds. The summed E-state index contributed by atoms with van der Waals surface area (Å²) in [6.45, 7) is 3.69. The van der Waals surface area contributed by atoms with Crippen LogP contribution >= 0.6 is 0 Å². The number of hydrogen-bond acceptors (Lipinski definition) is 5. The standard InChI is InChI=1S/C26H33F6N3O5/c1-14(2)18(20(36)25(27,28)29)34-22(38)19(16-8-10-17(40-4)11-9-16)35-21(37)15(3)33-23(39)24(26(30,31)32)12-6-5-7-13-24/h8-11,14-15,18-19H,5-7,12-13H2,1-4H3,(H,33,39)(H,34,38)(H,35,37)/t15-,18-,19-/m0/s1. The molecule has 1 fully saturated rings. The normalized spacial score (nSPS) is 17.8. The zero-order valence-electron chi connectivity index (χ0n) is 22.5. The molecule has 0 saturated heterocycles. The summed E-state index contributed by atoms with van der Waals surface area (Å²) in [5.74, 6) is -6.43. The Kier molecular flexibility index (Phi) is 10.6. The van der Waals surface area contributed by atoms with Crippen molar-refractivity contribution in [3.8, 4) is 5.75 Å². The lowest BCUT2D eigenvalue weighted by molar-refractivity contribution is -0.230. The predicted molar refractivity (Wildman–Crippen MR) is 131 cm³/mol. The smallest absolute Gasteiger partial charge is 0.452 e. The molecule has 1 aromatic rings. The molecule has 1 aliphatic carbocycles. The molecule has 0 spiro atoms. The summed E-state index contributed by atoms with van der Waals surface area (Å²) in [4.78, 5) is 50.8. The summed E-state index contributed by atoms with van der Waals surface area (Å²) in [7, 11) is 1.36. The highest BCUT2D eigenvalue weighted by atomic mass is 19.4. The number of Topliss-reactive ketones (excluding diaryl/α,β-unsaturated/α-hetero) is 1. The van der Waals surface area contributed by atoms with Crippen LogP contribution in [0, 0.1) is 11.3 Å². The monoisotopic (exact) mass is 581 g/mol. The third-order valence-corrected chi connectivity index (χ3v) is 6.95. The van der Waals surface area contributed by atoms with Gasteiger partial charge in [0.05, 0.1) is 13.2 Å². The molecule has 1 saturated carbocycles. The number of hydrogen-bond donors (Lipinski definition) is 3. The van der Waals surface area contributed by atoms with E-state index in [1.807, 2.05) is 5.32 Å². The van der Waals surface area contributed by atoms with Crippen LogP contribution in [0.1, 0.15) is 64.5 Å². The molecule has 0 heterocycles. The van der Waals surface area contributed by atoms with Gasteiger partial charge in [-0.1, -0.05) is 45.2 Å². The van der Waals surface area contributed by atoms with Gasteiger partial charge in [0.15, 0.2) is 0 Å². The number of halogens is 6. The molecule has 1 aromatic carbocycles. The Morgan fingerprint density at radius 1 is 0.825 bits per heavy atom. The summed E-state index contributed by atoms with van der Waals surface area (Å²) in [5, 5.41) is 6.38. The quantitative estimate of drug-likeness (QED) is 0.360. The van der Waals surface area contributed by atoms with Crippen molar-refractivity contribution >= 4 is 23.5 Å². The fourth-order valence-corrected chi connectivity index (χ4v) is 4.51. The predicted octanol–water partition coefficient (Wildman–Crippen LogP) is 4.14. The minimum atomic E-state index is -5.24. The van der Waals surface area contributed by atoms with Gasteiger partial charge >= 0.3 is 12.4 Å². The van der Waals surface area contributed by atoms with Crippen LogP contribution < -0.4 is 20.7 Å². The number of carbonyl (C=O) groups excluding carboxylic acids is 4. The number of carbonyl (C=O) groups is 4. The van der Waals surface area contributed by atoms with E-state index in [9.17, 15) is 45.5 Å². The summed E-state index contributed by atoms with van der Waals surface area (Å²) in [5.41, 5.74) is -2.58. The molecular weight excluding hydrogens is 548 g/mol. The number of nitrogens with one attached hydrogen (secondary N) is 3. The molecule has 0 unspecified atom stereocenters. The number of ketones is 1. The molecule has 224 valence electrons. The second-order valence-corrected chi connectivity index (χ2v) is 10.1. The van der Waals surface area contributed by atoms with E-state index in [1.54, 1.807) is 0 Å². The third-order valence-electron chi connectivity index (χ3n) is 6.95. The molecule has 3 N–H and O–H groups in total. The van der Waals surface area contributed by atoms with E-state index in [2.05, 4.69) is 10.6 Å². The SMILES string of the molecule is COc1ccc([C@H](NC(=O)[C@H](C)NC(=O)C2(C(F)(F)F)CCCCC2)C(=O)N[C@H](C(=O)C(F)(F)F)C(C)C)cc1. The summed E-state index contributed by atoms with van der Waals surface area (Å²) < 4.78 is 86.1. The van der Waals surface area contributed by atoms with Crippen LogP contribution in [0.15, 0.2) is 24.3 Å². The second-order valence-electron chi connectivity index (χ2n) is 10.1. The number of methoxy groups -OCH3 is 1. The van der Waals surface area contributed by atoms with Gasteiger partial charge in [0.1, 0.15) is 23.2 Å². The maximum atomic E-state index is 13.9. The molecule has 8 nitrogen and oxygen atoms in total. The van der Waals surface area contributed by atoms with E-state index in [4.69, 9.17) is 4.74 Å². The van der Waals surface area contributed by atoms with Gasteiger partial charge in [-0.05, 0) is 43.4 Å². The highest BCUT2D eigenvalue weighted by molar-refractivity contribution is 5.97. The molecule has 0 aromatic heterocycles. The van der Waals surface area contributed by atoms with Gasteiger partial charge in [0.2, 0.25) is 17.7 Å². The van der Waals surface area contributed by atoms with Crippen molar-refractivity contribution in [2.75, 3.05) is 7.11 Å². The Labute approximate surface area is 227 Å². The Morgan fingerprint density at radius 2 is 1.38 bits per heavy atom. The van der Waals surface area contributed by atoms with Gasteiger partial charge < -0.3 is 20.7 Å². The van der Waals surface area contributed by atoms with Crippen molar-refractivity contribution in [1.29, 1.82) is 0 Å². The van der Waals surface area contributed by atoms with Crippen LogP contribution in [0.5, 0.6) is 5.75 Å². The van der Waals surface area contributed by atoms with Crippen molar-refractivity contribution in [3.63, 3.8) is 0 Å². The highest BCUT2D eigenvalue weighted by Gasteiger charge is 2.60. The molecule has 0 aliphatic heterocycles. The largest absolute Gasteiger partial charge is 0.497 e.